The lowest BCUT2D eigenvalue weighted by Gasteiger charge is -2.26. The molecule has 1 aromatic carbocycles. The Hall–Kier alpha value is -0.300. The molecule has 0 saturated carbocycles. The Kier molecular flexibility index (Phi) is 7.74. The van der Waals surface area contributed by atoms with E-state index >= 15 is 0 Å². The van der Waals surface area contributed by atoms with E-state index in [4.69, 9.17) is 0 Å². The van der Waals surface area contributed by atoms with E-state index in [2.05, 4.69) is 41.9 Å². The molecule has 0 radical (unpaired) electrons. The molecule has 0 bridgehead atoms. The van der Waals surface area contributed by atoms with Crippen LogP contribution in [-0.2, 0) is 0 Å². The van der Waals surface area contributed by atoms with E-state index in [1.54, 1.807) is 0 Å². The fourth-order valence-electron chi connectivity index (χ4n) is 1.18. The molecular formula is C13H17Br2N. The first-order chi connectivity index (χ1) is 7.14. The van der Waals surface area contributed by atoms with Crippen LogP contribution in [0.2, 0.25) is 0 Å². The smallest absolute Gasteiger partial charge is 0.140 e. The van der Waals surface area contributed by atoms with Crippen molar-refractivity contribution in [2.45, 2.75) is 0 Å². The average Bonchev–Trinajstić information content (AvgIpc) is 2.19. The molecular weight excluding hydrogens is 330 g/mol. The van der Waals surface area contributed by atoms with Crippen LogP contribution in [0.5, 0.6) is 0 Å². The first-order valence-corrected chi connectivity index (χ1v) is 6.18. The number of hydrogen-bond donors (Lipinski definition) is 0. The fraction of sp³-hybridized carbons (Fsp3) is 0.385. The highest BCUT2D eigenvalue weighted by molar-refractivity contribution is 9.09. The number of halogens is 2. The molecule has 0 fully saturated rings. The topological polar surface area (TPSA) is 0 Å². The van der Waals surface area contributed by atoms with Crippen molar-refractivity contribution in [1.29, 1.82) is 0 Å². The molecule has 0 unspecified atom stereocenters. The quantitative estimate of drug-likeness (QED) is 0.394. The molecule has 1 rings (SSSR count). The SMILES string of the molecule is C[N+](C)(CC#Cc1ccccc1)CCBr.[Br-]. The van der Waals surface area contributed by atoms with E-state index in [1.807, 2.05) is 30.3 Å². The van der Waals surface area contributed by atoms with Gasteiger partial charge in [-0.1, -0.05) is 40.0 Å². The van der Waals surface area contributed by atoms with Gasteiger partial charge in [-0.15, -0.1) is 0 Å². The molecule has 88 valence electrons. The van der Waals surface area contributed by atoms with Gasteiger partial charge in [-0.2, -0.15) is 0 Å². The van der Waals surface area contributed by atoms with Crippen molar-refractivity contribution >= 4 is 15.9 Å². The summed E-state index contributed by atoms with van der Waals surface area (Å²) in [4.78, 5) is 0. The monoisotopic (exact) mass is 345 g/mol. The summed E-state index contributed by atoms with van der Waals surface area (Å²) in [5.74, 6) is 6.41. The average molecular weight is 347 g/mol. The molecule has 3 heteroatoms. The van der Waals surface area contributed by atoms with Gasteiger partial charge in [0.25, 0.3) is 0 Å². The Bertz CT molecular complexity index is 349. The Morgan fingerprint density at radius 2 is 1.81 bits per heavy atom. The van der Waals surface area contributed by atoms with Gasteiger partial charge in [0.1, 0.15) is 6.54 Å². The summed E-state index contributed by atoms with van der Waals surface area (Å²) in [6.07, 6.45) is 0. The van der Waals surface area contributed by atoms with Crippen LogP contribution in [0.25, 0.3) is 0 Å². The van der Waals surface area contributed by atoms with Gasteiger partial charge in [-0.3, -0.25) is 0 Å². The van der Waals surface area contributed by atoms with E-state index in [-0.39, 0.29) is 17.0 Å². The first-order valence-electron chi connectivity index (χ1n) is 5.06. The summed E-state index contributed by atoms with van der Waals surface area (Å²) in [6.45, 7) is 1.99. The van der Waals surface area contributed by atoms with Crippen molar-refractivity contribution in [3.63, 3.8) is 0 Å². The maximum atomic E-state index is 3.46. The summed E-state index contributed by atoms with van der Waals surface area (Å²) < 4.78 is 0.936. The van der Waals surface area contributed by atoms with Gasteiger partial charge >= 0.3 is 0 Å². The molecule has 0 heterocycles. The first kappa shape index (κ1) is 15.7. The van der Waals surface area contributed by atoms with E-state index in [0.29, 0.717) is 0 Å². The van der Waals surface area contributed by atoms with Crippen LogP contribution in [0.15, 0.2) is 30.3 Å². The Balaban J connectivity index is 0.00000225. The zero-order valence-electron chi connectivity index (χ0n) is 9.71. The van der Waals surface area contributed by atoms with E-state index < -0.39 is 0 Å². The van der Waals surface area contributed by atoms with E-state index in [1.165, 1.54) is 0 Å². The minimum atomic E-state index is 0. The molecule has 0 aliphatic rings. The highest BCUT2D eigenvalue weighted by atomic mass is 79.9. The zero-order valence-corrected chi connectivity index (χ0v) is 12.9. The summed E-state index contributed by atoms with van der Waals surface area (Å²) in [6, 6.07) is 10.1. The molecule has 0 spiro atoms. The second-order valence-corrected chi connectivity index (χ2v) is 4.97. The molecule has 0 amide bonds. The van der Waals surface area contributed by atoms with Gasteiger partial charge in [0.05, 0.1) is 26.0 Å². The molecule has 0 atom stereocenters. The number of rotatable bonds is 3. The third kappa shape index (κ3) is 6.32. The Morgan fingerprint density at radius 3 is 2.38 bits per heavy atom. The van der Waals surface area contributed by atoms with Crippen LogP contribution in [0, 0.1) is 11.8 Å². The molecule has 1 aromatic rings. The Morgan fingerprint density at radius 1 is 1.19 bits per heavy atom. The van der Waals surface area contributed by atoms with Gasteiger partial charge in [0, 0.05) is 5.56 Å². The Labute approximate surface area is 117 Å². The van der Waals surface area contributed by atoms with Crippen LogP contribution in [0.4, 0.5) is 0 Å². The van der Waals surface area contributed by atoms with Crippen LogP contribution in [0.3, 0.4) is 0 Å². The second kappa shape index (κ2) is 7.89. The summed E-state index contributed by atoms with van der Waals surface area (Å²) in [7, 11) is 4.39. The van der Waals surface area contributed by atoms with Crippen LogP contribution in [0.1, 0.15) is 5.56 Å². The lowest BCUT2D eigenvalue weighted by atomic mass is 10.2. The van der Waals surface area contributed by atoms with Crippen molar-refractivity contribution in [2.75, 3.05) is 32.5 Å². The van der Waals surface area contributed by atoms with Gasteiger partial charge in [0.2, 0.25) is 0 Å². The predicted octanol–water partition coefficient (Wildman–Crippen LogP) is -0.487. The molecule has 0 aromatic heterocycles. The van der Waals surface area contributed by atoms with E-state index in [0.717, 1.165) is 28.5 Å². The lowest BCUT2D eigenvalue weighted by molar-refractivity contribution is -0.880. The summed E-state index contributed by atoms with van der Waals surface area (Å²) in [5.41, 5.74) is 1.09. The van der Waals surface area contributed by atoms with Gasteiger partial charge < -0.3 is 21.5 Å². The molecule has 0 N–H and O–H groups in total. The predicted molar refractivity (Wildman–Crippen MR) is 69.0 cm³/mol. The second-order valence-electron chi connectivity index (χ2n) is 4.17. The van der Waals surface area contributed by atoms with Gasteiger partial charge in [-0.25, -0.2) is 0 Å². The standard InChI is InChI=1S/C13H17BrN.BrH/c1-15(2,12-10-14)11-6-9-13-7-4-3-5-8-13;/h3-5,7-8H,10-12H2,1-2H3;1H/q+1;/p-1. The van der Waals surface area contributed by atoms with Crippen LogP contribution >= 0.6 is 15.9 Å². The third-order valence-electron chi connectivity index (χ3n) is 2.20. The van der Waals surface area contributed by atoms with Crippen molar-refractivity contribution in [1.82, 2.24) is 0 Å². The maximum absolute atomic E-state index is 3.46. The number of hydrogen-bond acceptors (Lipinski definition) is 0. The lowest BCUT2D eigenvalue weighted by Crippen LogP contribution is -3.00. The minimum Gasteiger partial charge on any atom is -1.00 e. The normalized spacial score (nSPS) is 9.94. The maximum Gasteiger partial charge on any atom is 0.140 e. The fourth-order valence-corrected chi connectivity index (χ4v) is 2.14. The summed E-state index contributed by atoms with van der Waals surface area (Å²) in [5, 5.41) is 1.02. The largest absolute Gasteiger partial charge is 1.00 e. The number of nitrogens with zero attached hydrogens (tertiary/aromatic N) is 1. The molecule has 0 aliphatic heterocycles. The van der Waals surface area contributed by atoms with Crippen molar-refractivity contribution in [2.24, 2.45) is 0 Å². The van der Waals surface area contributed by atoms with Crippen molar-refractivity contribution in [3.8, 4) is 11.8 Å². The van der Waals surface area contributed by atoms with E-state index in [9.17, 15) is 0 Å². The van der Waals surface area contributed by atoms with Crippen LogP contribution in [-0.4, -0.2) is 37.0 Å². The molecule has 0 saturated heterocycles. The minimum absolute atomic E-state index is 0. The number of quaternary nitrogens is 1. The molecule has 0 aliphatic carbocycles. The molecule has 16 heavy (non-hydrogen) atoms. The highest BCUT2D eigenvalue weighted by Crippen LogP contribution is 1.98. The number of alkyl halides is 1. The zero-order chi connectivity index (χ0) is 11.1. The van der Waals surface area contributed by atoms with Crippen LogP contribution < -0.4 is 17.0 Å². The van der Waals surface area contributed by atoms with Gasteiger partial charge in [0.15, 0.2) is 0 Å². The number of benzene rings is 1. The van der Waals surface area contributed by atoms with Crippen molar-refractivity contribution in [3.05, 3.63) is 35.9 Å². The van der Waals surface area contributed by atoms with Crippen molar-refractivity contribution < 1.29 is 21.5 Å². The highest BCUT2D eigenvalue weighted by Gasteiger charge is 2.10. The summed E-state index contributed by atoms with van der Waals surface area (Å²) >= 11 is 3.46. The van der Waals surface area contributed by atoms with Gasteiger partial charge in [-0.05, 0) is 18.1 Å². The third-order valence-corrected chi connectivity index (χ3v) is 2.56. The molecule has 1 nitrogen and oxygen atoms in total.